The number of nitrogens with zero attached hydrogens (tertiary/aromatic N) is 3. The third-order valence-electron chi connectivity index (χ3n) is 5.84. The van der Waals surface area contributed by atoms with Crippen LogP contribution in [0.3, 0.4) is 0 Å². The maximum atomic E-state index is 13.0. The number of hydrogen-bond donors (Lipinski definition) is 1. The molecule has 2 aromatic rings. The number of carbonyl (C=O) groups excluding carboxylic acids is 1. The van der Waals surface area contributed by atoms with Gasteiger partial charge < -0.3 is 19.7 Å². The van der Waals surface area contributed by atoms with E-state index in [9.17, 15) is 4.79 Å². The highest BCUT2D eigenvalue weighted by atomic mass is 16.5. The Morgan fingerprint density at radius 2 is 1.71 bits per heavy atom. The van der Waals surface area contributed by atoms with Gasteiger partial charge in [0.15, 0.2) is 11.5 Å². The fourth-order valence-electron chi connectivity index (χ4n) is 3.92. The zero-order chi connectivity index (χ0) is 22.2. The van der Waals surface area contributed by atoms with Crippen molar-refractivity contribution < 1.29 is 14.3 Å². The van der Waals surface area contributed by atoms with Gasteiger partial charge in [0.05, 0.1) is 20.3 Å². The van der Waals surface area contributed by atoms with E-state index >= 15 is 0 Å². The van der Waals surface area contributed by atoms with E-state index < -0.39 is 0 Å². The number of pyridine rings is 1. The molecule has 2 heterocycles. The fourth-order valence-corrected chi connectivity index (χ4v) is 3.92. The molecule has 1 aliphatic heterocycles. The number of rotatable bonds is 8. The van der Waals surface area contributed by atoms with Gasteiger partial charge in [-0.25, -0.2) is 4.79 Å². The van der Waals surface area contributed by atoms with E-state index in [1.165, 1.54) is 5.56 Å². The van der Waals surface area contributed by atoms with Crippen molar-refractivity contribution in [3.63, 3.8) is 0 Å². The summed E-state index contributed by atoms with van der Waals surface area (Å²) in [6.07, 6.45) is 4.67. The molecule has 1 aliphatic rings. The zero-order valence-corrected chi connectivity index (χ0v) is 19.0. The van der Waals surface area contributed by atoms with Crippen molar-refractivity contribution in [2.24, 2.45) is 5.92 Å². The first-order valence-corrected chi connectivity index (χ1v) is 10.9. The van der Waals surface area contributed by atoms with Crippen LogP contribution in [0.2, 0.25) is 0 Å². The molecule has 2 amide bonds. The number of ether oxygens (including phenoxy) is 2. The van der Waals surface area contributed by atoms with E-state index in [0.717, 1.165) is 44.7 Å². The second-order valence-corrected chi connectivity index (χ2v) is 8.22. The summed E-state index contributed by atoms with van der Waals surface area (Å²) >= 11 is 0. The fraction of sp³-hybridized carbons (Fsp3) is 0.500. The number of carbonyl (C=O) groups is 1. The lowest BCUT2D eigenvalue weighted by molar-refractivity contribution is 0.136. The topological polar surface area (TPSA) is 66.9 Å². The number of aromatic nitrogens is 1. The molecule has 1 aromatic heterocycles. The Balaban J connectivity index is 1.55. The van der Waals surface area contributed by atoms with Crippen molar-refractivity contribution >= 4 is 6.03 Å². The van der Waals surface area contributed by atoms with E-state index in [1.54, 1.807) is 14.2 Å². The van der Waals surface area contributed by atoms with Gasteiger partial charge in [-0.05, 0) is 47.7 Å². The number of amides is 2. The van der Waals surface area contributed by atoms with Crippen LogP contribution in [-0.2, 0) is 6.42 Å². The number of nitrogens with one attached hydrogen (secondary N) is 1. The second kappa shape index (κ2) is 11.0. The molecular weight excluding hydrogens is 392 g/mol. The van der Waals surface area contributed by atoms with E-state index in [4.69, 9.17) is 9.47 Å². The van der Waals surface area contributed by atoms with Gasteiger partial charge in [-0.15, -0.1) is 0 Å². The first kappa shape index (κ1) is 22.9. The van der Waals surface area contributed by atoms with Crippen molar-refractivity contribution in [1.29, 1.82) is 0 Å². The number of piperazine rings is 1. The molecule has 1 N–H and O–H groups in total. The molecule has 7 heteroatoms. The third kappa shape index (κ3) is 6.10. The lowest BCUT2D eigenvalue weighted by Gasteiger charge is -2.36. The Morgan fingerprint density at radius 3 is 2.32 bits per heavy atom. The van der Waals surface area contributed by atoms with Gasteiger partial charge >= 0.3 is 6.03 Å². The molecule has 1 saturated heterocycles. The Hall–Kier alpha value is -2.80. The quantitative estimate of drug-likeness (QED) is 0.701. The molecule has 1 fully saturated rings. The molecular formula is C24H34N4O3. The number of methoxy groups -OCH3 is 2. The first-order valence-electron chi connectivity index (χ1n) is 10.9. The summed E-state index contributed by atoms with van der Waals surface area (Å²) in [6, 6.07) is 9.83. The molecule has 0 radical (unpaired) electrons. The molecule has 3 rings (SSSR count). The van der Waals surface area contributed by atoms with Crippen LogP contribution in [0.1, 0.15) is 31.0 Å². The Kier molecular flexibility index (Phi) is 8.12. The average molecular weight is 427 g/mol. The molecule has 0 bridgehead atoms. The van der Waals surface area contributed by atoms with Crippen LogP contribution < -0.4 is 14.8 Å². The largest absolute Gasteiger partial charge is 0.493 e. The van der Waals surface area contributed by atoms with Crippen molar-refractivity contribution in [1.82, 2.24) is 20.1 Å². The molecule has 1 aromatic carbocycles. The van der Waals surface area contributed by atoms with Crippen molar-refractivity contribution in [2.75, 3.05) is 46.9 Å². The van der Waals surface area contributed by atoms with Crippen LogP contribution in [0.25, 0.3) is 0 Å². The van der Waals surface area contributed by atoms with Crippen LogP contribution in [0, 0.1) is 5.92 Å². The summed E-state index contributed by atoms with van der Waals surface area (Å²) in [5, 5.41) is 3.23. The van der Waals surface area contributed by atoms with Crippen molar-refractivity contribution in [3.05, 3.63) is 53.9 Å². The smallest absolute Gasteiger partial charge is 0.317 e. The average Bonchev–Trinajstić information content (AvgIpc) is 2.81. The summed E-state index contributed by atoms with van der Waals surface area (Å²) in [5.74, 6) is 1.59. The van der Waals surface area contributed by atoms with Gasteiger partial charge in [0, 0.05) is 45.1 Å². The lowest BCUT2D eigenvalue weighted by Crippen LogP contribution is -2.52. The number of hydrogen-bond acceptors (Lipinski definition) is 5. The molecule has 31 heavy (non-hydrogen) atoms. The van der Waals surface area contributed by atoms with E-state index in [-0.39, 0.29) is 18.0 Å². The monoisotopic (exact) mass is 426 g/mol. The van der Waals surface area contributed by atoms with E-state index in [2.05, 4.69) is 41.2 Å². The SMILES string of the molecule is COc1ccc(C(NC(=O)N2CCN(CCc3ccncc3)CC2)C(C)C)cc1OC. The highest BCUT2D eigenvalue weighted by Gasteiger charge is 2.25. The first-order chi connectivity index (χ1) is 15.0. The van der Waals surface area contributed by atoms with Gasteiger partial charge in [-0.3, -0.25) is 9.88 Å². The van der Waals surface area contributed by atoms with Crippen LogP contribution in [0.5, 0.6) is 11.5 Å². The maximum absolute atomic E-state index is 13.0. The normalized spacial score (nSPS) is 15.6. The van der Waals surface area contributed by atoms with Crippen LogP contribution in [0.4, 0.5) is 4.79 Å². The van der Waals surface area contributed by atoms with Gasteiger partial charge in [0.1, 0.15) is 0 Å². The van der Waals surface area contributed by atoms with Gasteiger partial charge in [0.25, 0.3) is 0 Å². The van der Waals surface area contributed by atoms with Crippen molar-refractivity contribution in [3.8, 4) is 11.5 Å². The molecule has 1 unspecified atom stereocenters. The summed E-state index contributed by atoms with van der Waals surface area (Å²) < 4.78 is 10.8. The number of urea groups is 1. The molecule has 0 spiro atoms. The van der Waals surface area contributed by atoms with Gasteiger partial charge in [-0.1, -0.05) is 19.9 Å². The Morgan fingerprint density at radius 1 is 1.03 bits per heavy atom. The van der Waals surface area contributed by atoms with Crippen LogP contribution in [0.15, 0.2) is 42.7 Å². The third-order valence-corrected chi connectivity index (χ3v) is 5.84. The molecule has 0 saturated carbocycles. The standard InChI is InChI=1S/C24H34N4O3/c1-18(2)23(20-5-6-21(30-3)22(17-20)31-4)26-24(29)28-15-13-27(14-16-28)12-9-19-7-10-25-11-8-19/h5-8,10-11,17-18,23H,9,12-16H2,1-4H3,(H,26,29). The molecule has 1 atom stereocenters. The van der Waals surface area contributed by atoms with Gasteiger partial charge in [0.2, 0.25) is 0 Å². The van der Waals surface area contributed by atoms with E-state index in [1.807, 2.05) is 35.5 Å². The minimum atomic E-state index is -0.1000. The lowest BCUT2D eigenvalue weighted by atomic mass is 9.95. The summed E-state index contributed by atoms with van der Waals surface area (Å²) in [4.78, 5) is 21.4. The summed E-state index contributed by atoms with van der Waals surface area (Å²) in [6.45, 7) is 8.47. The predicted octanol–water partition coefficient (Wildman–Crippen LogP) is 3.37. The Labute approximate surface area is 185 Å². The van der Waals surface area contributed by atoms with E-state index in [0.29, 0.717) is 11.5 Å². The molecule has 7 nitrogen and oxygen atoms in total. The Bertz CT molecular complexity index is 836. The zero-order valence-electron chi connectivity index (χ0n) is 19.0. The minimum absolute atomic E-state index is 0.0118. The number of benzene rings is 1. The predicted molar refractivity (Wildman–Crippen MR) is 122 cm³/mol. The van der Waals surface area contributed by atoms with Crippen molar-refractivity contribution in [2.45, 2.75) is 26.3 Å². The van der Waals surface area contributed by atoms with Crippen LogP contribution >= 0.6 is 0 Å². The maximum Gasteiger partial charge on any atom is 0.317 e. The van der Waals surface area contributed by atoms with Gasteiger partial charge in [-0.2, -0.15) is 0 Å². The summed E-state index contributed by atoms with van der Waals surface area (Å²) in [5.41, 5.74) is 2.31. The summed E-state index contributed by atoms with van der Waals surface area (Å²) in [7, 11) is 3.24. The molecule has 168 valence electrons. The molecule has 0 aliphatic carbocycles. The van der Waals surface area contributed by atoms with Crippen LogP contribution in [-0.4, -0.2) is 67.8 Å². The highest BCUT2D eigenvalue weighted by molar-refractivity contribution is 5.75. The second-order valence-electron chi connectivity index (χ2n) is 8.22. The highest BCUT2D eigenvalue weighted by Crippen LogP contribution is 2.32. The minimum Gasteiger partial charge on any atom is -0.493 e.